The van der Waals surface area contributed by atoms with Crippen LogP contribution >= 0.6 is 0 Å². The molecule has 2 aliphatic rings. The zero-order valence-electron chi connectivity index (χ0n) is 16.5. The summed E-state index contributed by atoms with van der Waals surface area (Å²) in [6.07, 6.45) is 0. The number of benzene rings is 4. The van der Waals surface area contributed by atoms with Crippen LogP contribution in [-0.2, 0) is 21.0 Å². The van der Waals surface area contributed by atoms with E-state index in [1.165, 1.54) is 22.3 Å². The Morgan fingerprint density at radius 2 is 0.759 bits per heavy atom. The van der Waals surface area contributed by atoms with Gasteiger partial charge in [0.2, 0.25) is 0 Å². The number of fused-ring (bicyclic) bond motifs is 6. The van der Waals surface area contributed by atoms with Crippen LogP contribution in [0.4, 0.5) is 0 Å². The minimum absolute atomic E-state index is 0.599. The van der Waals surface area contributed by atoms with Crippen molar-refractivity contribution >= 4 is 3.76 Å². The summed E-state index contributed by atoms with van der Waals surface area (Å²) in [6.45, 7) is 2.34. The molecule has 0 aliphatic heterocycles. The molecule has 0 amide bonds. The third-order valence-corrected chi connectivity index (χ3v) is 18.3. The maximum atomic E-state index is 2.66. The molecule has 0 N–H and O–H groups in total. The van der Waals surface area contributed by atoms with Gasteiger partial charge in [-0.15, -0.1) is 0 Å². The van der Waals surface area contributed by atoms with Crippen molar-refractivity contribution in [1.82, 2.24) is 0 Å². The Bertz CT molecular complexity index is 1090. The third kappa shape index (κ3) is 2.50. The molecule has 0 saturated heterocycles. The van der Waals surface area contributed by atoms with Crippen molar-refractivity contribution in [2.75, 3.05) is 0 Å². The minimum atomic E-state index is -2.35. The molecule has 1 heteroatoms. The molecule has 0 unspecified atom stereocenters. The molecular weight excluding hydrogens is 515 g/mol. The van der Waals surface area contributed by atoms with E-state index in [1.54, 1.807) is 22.3 Å². The van der Waals surface area contributed by atoms with Crippen molar-refractivity contribution in [3.63, 3.8) is 0 Å². The van der Waals surface area contributed by atoms with Gasteiger partial charge >= 0.3 is 181 Å². The monoisotopic (exact) mass is 538 g/mol. The summed E-state index contributed by atoms with van der Waals surface area (Å²) < 4.78 is 3.86. The van der Waals surface area contributed by atoms with Crippen LogP contribution in [-0.4, -0.2) is 3.76 Å². The van der Waals surface area contributed by atoms with Gasteiger partial charge in [-0.1, -0.05) is 0 Å². The molecule has 0 heterocycles. The number of rotatable bonds is 2. The Morgan fingerprint density at radius 3 is 1.03 bits per heavy atom. The van der Waals surface area contributed by atoms with E-state index >= 15 is 0 Å². The van der Waals surface area contributed by atoms with Crippen molar-refractivity contribution in [2.45, 2.75) is 14.3 Å². The second-order valence-electron chi connectivity index (χ2n) is 8.00. The van der Waals surface area contributed by atoms with E-state index in [0.29, 0.717) is 7.35 Å². The second-order valence-corrected chi connectivity index (χ2v) is 17.8. The van der Waals surface area contributed by atoms with Crippen molar-refractivity contribution in [1.29, 1.82) is 0 Å². The molecule has 0 radical (unpaired) electrons. The maximum absolute atomic E-state index is 2.66. The van der Waals surface area contributed by atoms with E-state index in [9.17, 15) is 0 Å². The topological polar surface area (TPSA) is 0 Å². The summed E-state index contributed by atoms with van der Waals surface area (Å²) >= 11 is -2.35. The first-order chi connectivity index (χ1) is 14.4. The van der Waals surface area contributed by atoms with E-state index in [2.05, 4.69) is 108 Å². The molecule has 138 valence electrons. The summed E-state index contributed by atoms with van der Waals surface area (Å²) in [5.74, 6) is 0. The molecule has 0 spiro atoms. The van der Waals surface area contributed by atoms with Crippen LogP contribution in [0.1, 0.15) is 36.5 Å². The van der Waals surface area contributed by atoms with E-state index in [1.807, 2.05) is 0 Å². The van der Waals surface area contributed by atoms with E-state index in [-0.39, 0.29) is 0 Å². The average molecular weight is 537 g/mol. The van der Waals surface area contributed by atoms with Crippen LogP contribution in [0.3, 0.4) is 0 Å². The third-order valence-electron chi connectivity index (χ3n) is 6.67. The molecule has 0 aromatic heterocycles. The molecule has 29 heavy (non-hydrogen) atoms. The molecule has 0 bridgehead atoms. The Labute approximate surface area is 179 Å². The van der Waals surface area contributed by atoms with Gasteiger partial charge in [-0.05, 0) is 0 Å². The quantitative estimate of drug-likeness (QED) is 0.243. The van der Waals surface area contributed by atoms with Gasteiger partial charge in [-0.25, -0.2) is 0 Å². The molecule has 2 aliphatic carbocycles. The summed E-state index contributed by atoms with van der Waals surface area (Å²) in [6, 6.07) is 36.5. The predicted octanol–water partition coefficient (Wildman–Crippen LogP) is 6.97. The summed E-state index contributed by atoms with van der Waals surface area (Å²) in [4.78, 5) is 0. The van der Waals surface area contributed by atoms with Crippen molar-refractivity contribution in [3.05, 3.63) is 119 Å². The zero-order valence-corrected chi connectivity index (χ0v) is 20.1. The normalized spacial score (nSPS) is 14.1. The van der Waals surface area contributed by atoms with Gasteiger partial charge in [-0.3, -0.25) is 0 Å². The Kier molecular flexibility index (Phi) is 4.13. The molecule has 0 fully saturated rings. The molecule has 0 atom stereocenters. The van der Waals surface area contributed by atoms with Gasteiger partial charge in [0.15, 0.2) is 0 Å². The first-order valence-electron chi connectivity index (χ1n) is 10.4. The predicted molar refractivity (Wildman–Crippen MR) is 119 cm³/mol. The van der Waals surface area contributed by atoms with Gasteiger partial charge in [-0.2, -0.15) is 0 Å². The van der Waals surface area contributed by atoms with Crippen molar-refractivity contribution in [3.8, 4) is 22.3 Å². The van der Waals surface area contributed by atoms with Crippen LogP contribution < -0.4 is 0 Å². The Balaban J connectivity index is 1.60. The SMILES string of the molecule is C[CH]=[Hf]([CH]1c2ccccc2-c2ccccc21)[CH]1c2ccccc2-c2ccccc21. The molecule has 0 nitrogen and oxygen atoms in total. The van der Waals surface area contributed by atoms with Crippen molar-refractivity contribution in [2.24, 2.45) is 0 Å². The summed E-state index contributed by atoms with van der Waals surface area (Å²) in [7, 11) is 0. The first kappa shape index (κ1) is 17.5. The average Bonchev–Trinajstić information content (AvgIpc) is 3.29. The van der Waals surface area contributed by atoms with Gasteiger partial charge in [0.1, 0.15) is 0 Å². The fourth-order valence-corrected chi connectivity index (χ4v) is 17.9. The van der Waals surface area contributed by atoms with Crippen molar-refractivity contribution < 1.29 is 21.0 Å². The van der Waals surface area contributed by atoms with Crippen LogP contribution in [0.5, 0.6) is 0 Å². The van der Waals surface area contributed by atoms with Crippen LogP contribution in [0.2, 0.25) is 0 Å². The zero-order chi connectivity index (χ0) is 19.4. The van der Waals surface area contributed by atoms with Gasteiger partial charge in [0.25, 0.3) is 0 Å². The molecule has 4 aromatic carbocycles. The fourth-order valence-electron chi connectivity index (χ4n) is 5.53. The fraction of sp³-hybridized carbons (Fsp3) is 0.107. The molecule has 0 saturated carbocycles. The van der Waals surface area contributed by atoms with Crippen LogP contribution in [0, 0.1) is 0 Å². The molecule has 4 aromatic rings. The van der Waals surface area contributed by atoms with E-state index in [4.69, 9.17) is 0 Å². The van der Waals surface area contributed by atoms with Crippen LogP contribution in [0.25, 0.3) is 22.3 Å². The Hall–Kier alpha value is -2.38. The number of hydrogen-bond donors (Lipinski definition) is 0. The molecular formula is C28H22Hf. The van der Waals surface area contributed by atoms with E-state index < -0.39 is 21.0 Å². The van der Waals surface area contributed by atoms with Crippen LogP contribution in [0.15, 0.2) is 97.1 Å². The first-order valence-corrected chi connectivity index (χ1v) is 16.6. The summed E-state index contributed by atoms with van der Waals surface area (Å²) in [5, 5.41) is 0. The standard InChI is InChI=1S/2C13H9.C2H4.Hf/c2*1-3-7-12-10(5-1)9-11-6-2-4-8-13(11)12;1-2;/h2*1-9H;1H,2H3;. The molecule has 6 rings (SSSR count). The summed E-state index contributed by atoms with van der Waals surface area (Å²) in [5.41, 5.74) is 12.1. The van der Waals surface area contributed by atoms with Gasteiger partial charge < -0.3 is 0 Å². The second kappa shape index (κ2) is 6.85. The van der Waals surface area contributed by atoms with Gasteiger partial charge in [0.05, 0.1) is 0 Å². The number of hydrogen-bond acceptors (Lipinski definition) is 0. The van der Waals surface area contributed by atoms with E-state index in [0.717, 1.165) is 0 Å². The Morgan fingerprint density at radius 1 is 0.483 bits per heavy atom. The van der Waals surface area contributed by atoms with Gasteiger partial charge in [0, 0.05) is 0 Å².